The van der Waals surface area contributed by atoms with Crippen LogP contribution in [0.5, 0.6) is 0 Å². The number of thiazole rings is 1. The van der Waals surface area contributed by atoms with Crippen molar-refractivity contribution in [3.8, 4) is 10.6 Å². The highest BCUT2D eigenvalue weighted by Gasteiger charge is 2.26. The molecule has 1 amide bonds. The second-order valence-corrected chi connectivity index (χ2v) is 6.37. The first kappa shape index (κ1) is 16.2. The maximum atomic E-state index is 12.3. The molecule has 0 saturated carbocycles. The number of hydrogen-bond donors (Lipinski definition) is 2. The van der Waals surface area contributed by atoms with Gasteiger partial charge in [-0.2, -0.15) is 5.10 Å². The molecule has 2 aromatic heterocycles. The zero-order valence-corrected chi connectivity index (χ0v) is 13.6. The van der Waals surface area contributed by atoms with Gasteiger partial charge in [-0.05, 0) is 12.8 Å². The fraction of sp³-hybridized carbons (Fsp3) is 0.429. The Morgan fingerprint density at radius 3 is 2.59 bits per heavy atom. The maximum absolute atomic E-state index is 12.3. The first-order chi connectivity index (χ1) is 10.3. The zero-order valence-electron chi connectivity index (χ0n) is 12.8. The Balaban J connectivity index is 2.24. The van der Waals surface area contributed by atoms with Crippen molar-refractivity contribution in [2.75, 3.05) is 0 Å². The number of carboxylic acid groups (broad SMARTS) is 1. The van der Waals surface area contributed by atoms with E-state index in [-0.39, 0.29) is 5.92 Å². The summed E-state index contributed by atoms with van der Waals surface area (Å²) in [6.07, 6.45) is 3.49. The first-order valence-electron chi connectivity index (χ1n) is 6.79. The van der Waals surface area contributed by atoms with Crippen molar-refractivity contribution in [3.05, 3.63) is 23.0 Å². The van der Waals surface area contributed by atoms with Crippen LogP contribution in [0.2, 0.25) is 0 Å². The summed E-state index contributed by atoms with van der Waals surface area (Å²) in [4.78, 5) is 28.3. The van der Waals surface area contributed by atoms with Gasteiger partial charge in [-0.1, -0.05) is 13.8 Å². The topological polar surface area (TPSA) is 97.1 Å². The molecule has 2 rings (SSSR count). The lowest BCUT2D eigenvalue weighted by molar-refractivity contribution is -0.140. The van der Waals surface area contributed by atoms with Crippen LogP contribution < -0.4 is 5.32 Å². The van der Waals surface area contributed by atoms with E-state index >= 15 is 0 Å². The highest BCUT2D eigenvalue weighted by atomic mass is 32.1. The fourth-order valence-corrected chi connectivity index (χ4v) is 2.93. The normalized spacial score (nSPS) is 12.4. The first-order valence-corrected chi connectivity index (χ1v) is 7.61. The maximum Gasteiger partial charge on any atom is 0.326 e. The van der Waals surface area contributed by atoms with Crippen molar-refractivity contribution in [2.45, 2.75) is 26.8 Å². The van der Waals surface area contributed by atoms with Crippen LogP contribution in [0, 0.1) is 12.8 Å². The third-order valence-electron chi connectivity index (χ3n) is 3.17. The number of nitrogens with zero attached hydrogens (tertiary/aromatic N) is 3. The standard InChI is InChI=1S/C14H18N4O3S/c1-7(2)10(14(20)21)17-12(19)11-8(3)16-13(22-11)9-5-15-18(4)6-9/h5-7,10H,1-4H3,(H,17,19)(H,20,21)/t10-/m0/s1. The van der Waals surface area contributed by atoms with E-state index in [1.54, 1.807) is 38.7 Å². The van der Waals surface area contributed by atoms with E-state index in [1.165, 1.54) is 11.3 Å². The minimum atomic E-state index is -1.04. The number of aromatic nitrogens is 3. The van der Waals surface area contributed by atoms with E-state index in [2.05, 4.69) is 15.4 Å². The van der Waals surface area contributed by atoms with Gasteiger partial charge in [0.2, 0.25) is 0 Å². The highest BCUT2D eigenvalue weighted by molar-refractivity contribution is 7.17. The van der Waals surface area contributed by atoms with Gasteiger partial charge in [0.15, 0.2) is 0 Å². The van der Waals surface area contributed by atoms with E-state index in [4.69, 9.17) is 5.11 Å². The van der Waals surface area contributed by atoms with Gasteiger partial charge in [0.25, 0.3) is 5.91 Å². The Morgan fingerprint density at radius 2 is 2.09 bits per heavy atom. The number of carbonyl (C=O) groups is 2. The zero-order chi connectivity index (χ0) is 16.4. The minimum Gasteiger partial charge on any atom is -0.480 e. The third-order valence-corrected chi connectivity index (χ3v) is 4.38. The van der Waals surface area contributed by atoms with Crippen LogP contribution in [0.15, 0.2) is 12.4 Å². The van der Waals surface area contributed by atoms with Gasteiger partial charge < -0.3 is 10.4 Å². The van der Waals surface area contributed by atoms with Crippen molar-refractivity contribution in [1.29, 1.82) is 0 Å². The van der Waals surface area contributed by atoms with Gasteiger partial charge in [-0.15, -0.1) is 11.3 Å². The smallest absolute Gasteiger partial charge is 0.326 e. The lowest BCUT2D eigenvalue weighted by Crippen LogP contribution is -2.44. The van der Waals surface area contributed by atoms with Crippen LogP contribution in [0.25, 0.3) is 10.6 Å². The monoisotopic (exact) mass is 322 g/mol. The summed E-state index contributed by atoms with van der Waals surface area (Å²) in [5, 5.41) is 16.5. The van der Waals surface area contributed by atoms with Gasteiger partial charge in [0.05, 0.1) is 11.9 Å². The Kier molecular flexibility index (Phi) is 4.60. The largest absolute Gasteiger partial charge is 0.480 e. The van der Waals surface area contributed by atoms with Crippen LogP contribution in [0.1, 0.15) is 29.2 Å². The van der Waals surface area contributed by atoms with Crippen LogP contribution >= 0.6 is 11.3 Å². The number of nitrogens with one attached hydrogen (secondary N) is 1. The molecule has 0 saturated heterocycles. The molecule has 22 heavy (non-hydrogen) atoms. The molecule has 0 aromatic carbocycles. The Morgan fingerprint density at radius 1 is 1.41 bits per heavy atom. The second-order valence-electron chi connectivity index (χ2n) is 5.37. The average Bonchev–Trinajstić information content (AvgIpc) is 3.01. The summed E-state index contributed by atoms with van der Waals surface area (Å²) in [6.45, 7) is 5.23. The molecule has 8 heteroatoms. The Labute approximate surface area is 132 Å². The summed E-state index contributed by atoms with van der Waals surface area (Å²) in [5.74, 6) is -1.66. The van der Waals surface area contributed by atoms with Crippen LogP contribution in [-0.2, 0) is 11.8 Å². The molecule has 0 bridgehead atoms. The fourth-order valence-electron chi connectivity index (χ4n) is 1.98. The molecular formula is C14H18N4O3S. The van der Waals surface area contributed by atoms with Gasteiger partial charge in [0.1, 0.15) is 15.9 Å². The van der Waals surface area contributed by atoms with Crippen LogP contribution in [0.4, 0.5) is 0 Å². The second kappa shape index (κ2) is 6.27. The summed E-state index contributed by atoms with van der Waals surface area (Å²) in [7, 11) is 1.80. The lowest BCUT2D eigenvalue weighted by Gasteiger charge is -2.17. The number of aryl methyl sites for hydroxylation is 2. The molecule has 2 heterocycles. The number of carbonyl (C=O) groups excluding carboxylic acids is 1. The molecule has 0 spiro atoms. The third kappa shape index (κ3) is 3.33. The molecule has 0 radical (unpaired) electrons. The number of amides is 1. The predicted octanol–water partition coefficient (Wildman–Crippen LogP) is 1.69. The lowest BCUT2D eigenvalue weighted by atomic mass is 10.0. The van der Waals surface area contributed by atoms with Gasteiger partial charge >= 0.3 is 5.97 Å². The van der Waals surface area contributed by atoms with E-state index in [1.807, 2.05) is 6.20 Å². The summed E-state index contributed by atoms with van der Waals surface area (Å²) < 4.78 is 1.66. The van der Waals surface area contributed by atoms with Crippen molar-refractivity contribution in [2.24, 2.45) is 13.0 Å². The van der Waals surface area contributed by atoms with Gasteiger partial charge in [0, 0.05) is 18.8 Å². The predicted molar refractivity (Wildman–Crippen MR) is 82.8 cm³/mol. The molecule has 2 aromatic rings. The number of hydrogen-bond acceptors (Lipinski definition) is 5. The molecule has 1 atom stereocenters. The van der Waals surface area contributed by atoms with Crippen LogP contribution in [0.3, 0.4) is 0 Å². The van der Waals surface area contributed by atoms with E-state index in [9.17, 15) is 9.59 Å². The number of carboxylic acids is 1. The quantitative estimate of drug-likeness (QED) is 0.873. The number of rotatable bonds is 5. The SMILES string of the molecule is Cc1nc(-c2cnn(C)c2)sc1C(=O)N[C@H](C(=O)O)C(C)C. The highest BCUT2D eigenvalue weighted by Crippen LogP contribution is 2.27. The van der Waals surface area contributed by atoms with Crippen molar-refractivity contribution >= 4 is 23.2 Å². The molecule has 0 aliphatic rings. The van der Waals surface area contributed by atoms with Crippen molar-refractivity contribution in [1.82, 2.24) is 20.1 Å². The molecule has 7 nitrogen and oxygen atoms in total. The summed E-state index contributed by atoms with van der Waals surface area (Å²) >= 11 is 1.23. The van der Waals surface area contributed by atoms with E-state index in [0.29, 0.717) is 15.6 Å². The van der Waals surface area contributed by atoms with Gasteiger partial charge in [-0.3, -0.25) is 9.48 Å². The molecule has 0 fully saturated rings. The summed E-state index contributed by atoms with van der Waals surface area (Å²) in [6, 6.07) is -0.921. The Hall–Kier alpha value is -2.22. The van der Waals surface area contributed by atoms with Crippen molar-refractivity contribution < 1.29 is 14.7 Å². The molecular weight excluding hydrogens is 304 g/mol. The average molecular weight is 322 g/mol. The summed E-state index contributed by atoms with van der Waals surface area (Å²) in [5.41, 5.74) is 1.41. The van der Waals surface area contributed by atoms with E-state index in [0.717, 1.165) is 5.56 Å². The molecule has 0 unspecified atom stereocenters. The van der Waals surface area contributed by atoms with Crippen LogP contribution in [-0.4, -0.2) is 37.8 Å². The van der Waals surface area contributed by atoms with Crippen molar-refractivity contribution in [3.63, 3.8) is 0 Å². The number of aliphatic carboxylic acids is 1. The molecule has 118 valence electrons. The van der Waals surface area contributed by atoms with Gasteiger partial charge in [-0.25, -0.2) is 9.78 Å². The Bertz CT molecular complexity index is 705. The molecule has 0 aliphatic heterocycles. The van der Waals surface area contributed by atoms with E-state index < -0.39 is 17.9 Å². The molecule has 2 N–H and O–H groups in total. The molecule has 0 aliphatic carbocycles. The minimum absolute atomic E-state index is 0.201.